The second kappa shape index (κ2) is 16.8. The van der Waals surface area contributed by atoms with Crippen LogP contribution in [0.4, 0.5) is 4.39 Å². The summed E-state index contributed by atoms with van der Waals surface area (Å²) in [6.07, 6.45) is 8.27. The number of carbonyl (C=O) groups is 1. The monoisotopic (exact) mass is 469 g/mol. The molecule has 0 radical (unpaired) electrons. The van der Waals surface area contributed by atoms with Crippen molar-refractivity contribution >= 4 is 5.97 Å². The summed E-state index contributed by atoms with van der Waals surface area (Å²) in [5.41, 5.74) is 0. The van der Waals surface area contributed by atoms with Gasteiger partial charge in [0.1, 0.15) is 18.2 Å². The van der Waals surface area contributed by atoms with Crippen LogP contribution in [0.1, 0.15) is 64.2 Å². The molecule has 0 bridgehead atoms. The van der Waals surface area contributed by atoms with Gasteiger partial charge in [0, 0.05) is 19.1 Å². The van der Waals surface area contributed by atoms with Gasteiger partial charge in [0.15, 0.2) is 6.29 Å². The molecule has 2 rings (SSSR count). The minimum Gasteiger partial charge on any atom is -0.491 e. The SMILES string of the molecule is COC(=O)CCCCCCC(COC1CCCCO1)NCCC(O)COc1ccc(F)cc1. The fraction of sp³-hybridized carbons (Fsp3) is 0.720. The number of ether oxygens (including phenoxy) is 4. The summed E-state index contributed by atoms with van der Waals surface area (Å²) in [4.78, 5) is 11.2. The third-order valence-corrected chi connectivity index (χ3v) is 5.70. The summed E-state index contributed by atoms with van der Waals surface area (Å²) < 4.78 is 34.8. The average Bonchev–Trinajstić information content (AvgIpc) is 2.84. The van der Waals surface area contributed by atoms with Crippen molar-refractivity contribution in [1.29, 1.82) is 0 Å². The van der Waals surface area contributed by atoms with E-state index in [4.69, 9.17) is 14.2 Å². The fourth-order valence-corrected chi connectivity index (χ4v) is 3.69. The molecule has 1 aliphatic heterocycles. The quantitative estimate of drug-likeness (QED) is 0.264. The largest absolute Gasteiger partial charge is 0.491 e. The van der Waals surface area contributed by atoms with Gasteiger partial charge in [-0.05, 0) is 69.3 Å². The highest BCUT2D eigenvalue weighted by molar-refractivity contribution is 5.68. The predicted molar refractivity (Wildman–Crippen MR) is 124 cm³/mol. The molecule has 1 saturated heterocycles. The molecule has 1 fully saturated rings. The zero-order valence-corrected chi connectivity index (χ0v) is 19.8. The van der Waals surface area contributed by atoms with Gasteiger partial charge in [0.25, 0.3) is 0 Å². The Morgan fingerprint density at radius 1 is 1.15 bits per heavy atom. The molecule has 3 unspecified atom stereocenters. The van der Waals surface area contributed by atoms with Crippen molar-refractivity contribution in [3.05, 3.63) is 30.1 Å². The van der Waals surface area contributed by atoms with E-state index in [2.05, 4.69) is 10.1 Å². The van der Waals surface area contributed by atoms with Crippen LogP contribution < -0.4 is 10.1 Å². The number of halogens is 1. The molecule has 1 aromatic rings. The molecule has 1 aliphatic rings. The molecule has 8 heteroatoms. The van der Waals surface area contributed by atoms with Crippen LogP contribution in [-0.4, -0.2) is 63.0 Å². The number of aliphatic hydroxyl groups is 1. The zero-order valence-electron chi connectivity index (χ0n) is 19.8. The van der Waals surface area contributed by atoms with Crippen LogP contribution in [0.25, 0.3) is 0 Å². The first kappa shape index (κ1) is 27.5. The predicted octanol–water partition coefficient (Wildman–Crippen LogP) is 3.97. The van der Waals surface area contributed by atoms with Crippen LogP contribution >= 0.6 is 0 Å². The van der Waals surface area contributed by atoms with Crippen LogP contribution in [0, 0.1) is 5.82 Å². The maximum absolute atomic E-state index is 13.0. The van der Waals surface area contributed by atoms with Gasteiger partial charge >= 0.3 is 5.97 Å². The third kappa shape index (κ3) is 12.9. The lowest BCUT2D eigenvalue weighted by molar-refractivity contribution is -0.166. The van der Waals surface area contributed by atoms with E-state index >= 15 is 0 Å². The maximum atomic E-state index is 13.0. The number of benzene rings is 1. The first-order valence-corrected chi connectivity index (χ1v) is 12.2. The summed E-state index contributed by atoms with van der Waals surface area (Å²) in [5.74, 6) is 0.0641. The fourth-order valence-electron chi connectivity index (χ4n) is 3.69. The van der Waals surface area contributed by atoms with E-state index in [1.165, 1.54) is 19.2 Å². The number of aliphatic hydroxyl groups excluding tert-OH is 1. The molecule has 3 atom stereocenters. The van der Waals surface area contributed by atoms with Gasteiger partial charge in [0.05, 0.1) is 19.8 Å². The van der Waals surface area contributed by atoms with Gasteiger partial charge in [-0.25, -0.2) is 4.39 Å². The summed E-state index contributed by atoms with van der Waals surface area (Å²) in [5, 5.41) is 13.7. The van der Waals surface area contributed by atoms with Crippen LogP contribution in [0.5, 0.6) is 5.75 Å². The van der Waals surface area contributed by atoms with Gasteiger partial charge in [-0.15, -0.1) is 0 Å². The van der Waals surface area contributed by atoms with Crippen molar-refractivity contribution < 1.29 is 33.2 Å². The van der Waals surface area contributed by atoms with Crippen molar-refractivity contribution in [2.75, 3.05) is 33.5 Å². The highest BCUT2D eigenvalue weighted by atomic mass is 19.1. The van der Waals surface area contributed by atoms with Crippen molar-refractivity contribution in [3.8, 4) is 5.75 Å². The molecule has 0 aromatic heterocycles. The second-order valence-electron chi connectivity index (χ2n) is 8.52. The summed E-state index contributed by atoms with van der Waals surface area (Å²) >= 11 is 0. The lowest BCUT2D eigenvalue weighted by Gasteiger charge is -2.26. The summed E-state index contributed by atoms with van der Waals surface area (Å²) in [7, 11) is 1.42. The van der Waals surface area contributed by atoms with E-state index in [1.54, 1.807) is 12.1 Å². The Balaban J connectivity index is 1.65. The smallest absolute Gasteiger partial charge is 0.305 e. The molecule has 0 amide bonds. The Morgan fingerprint density at radius 3 is 2.67 bits per heavy atom. The van der Waals surface area contributed by atoms with Crippen LogP contribution in [0.3, 0.4) is 0 Å². The number of methoxy groups -OCH3 is 1. The Kier molecular flexibility index (Phi) is 14.0. The Labute approximate surface area is 196 Å². The van der Waals surface area contributed by atoms with Crippen LogP contribution in [0.2, 0.25) is 0 Å². The van der Waals surface area contributed by atoms with Crippen molar-refractivity contribution in [2.24, 2.45) is 0 Å². The van der Waals surface area contributed by atoms with Gasteiger partial charge in [-0.3, -0.25) is 4.79 Å². The standard InChI is InChI=1S/C25H40FNO6/c1-30-24(29)9-5-3-2-4-8-21(18-33-25-10-6-7-17-31-25)27-16-15-22(28)19-32-23-13-11-20(26)12-14-23/h11-14,21-22,25,27-28H,2-10,15-19H2,1H3. The molecule has 0 aliphatic carbocycles. The molecule has 1 heterocycles. The normalized spacial score (nSPS) is 18.0. The Bertz CT molecular complexity index is 638. The summed E-state index contributed by atoms with van der Waals surface area (Å²) in [6.45, 7) is 2.11. The zero-order chi connectivity index (χ0) is 23.7. The minimum atomic E-state index is -0.621. The molecule has 33 heavy (non-hydrogen) atoms. The second-order valence-corrected chi connectivity index (χ2v) is 8.52. The van der Waals surface area contributed by atoms with Gasteiger partial charge in [-0.1, -0.05) is 19.3 Å². The van der Waals surface area contributed by atoms with E-state index in [9.17, 15) is 14.3 Å². The maximum Gasteiger partial charge on any atom is 0.305 e. The van der Waals surface area contributed by atoms with E-state index in [0.29, 0.717) is 31.7 Å². The highest BCUT2D eigenvalue weighted by Crippen LogP contribution is 2.16. The number of unbranched alkanes of at least 4 members (excludes halogenated alkanes) is 3. The Morgan fingerprint density at radius 2 is 1.94 bits per heavy atom. The summed E-state index contributed by atoms with van der Waals surface area (Å²) in [6, 6.07) is 5.93. The van der Waals surface area contributed by atoms with Gasteiger partial charge in [0.2, 0.25) is 0 Å². The van der Waals surface area contributed by atoms with Gasteiger partial charge in [-0.2, -0.15) is 0 Å². The molecule has 1 aromatic carbocycles. The number of carbonyl (C=O) groups excluding carboxylic acids is 1. The lowest BCUT2D eigenvalue weighted by atomic mass is 10.1. The number of nitrogens with one attached hydrogen (secondary N) is 1. The number of rotatable bonds is 17. The topological polar surface area (TPSA) is 86.3 Å². The van der Waals surface area contributed by atoms with E-state index in [1.807, 2.05) is 0 Å². The Hall–Kier alpha value is -1.74. The number of hydrogen-bond acceptors (Lipinski definition) is 7. The van der Waals surface area contributed by atoms with E-state index in [-0.39, 0.29) is 30.7 Å². The van der Waals surface area contributed by atoms with Crippen molar-refractivity contribution in [3.63, 3.8) is 0 Å². The lowest BCUT2D eigenvalue weighted by Crippen LogP contribution is -2.38. The highest BCUT2D eigenvalue weighted by Gasteiger charge is 2.17. The minimum absolute atomic E-state index is 0.127. The van der Waals surface area contributed by atoms with Crippen LogP contribution in [0.15, 0.2) is 24.3 Å². The molecule has 0 spiro atoms. The molecule has 188 valence electrons. The third-order valence-electron chi connectivity index (χ3n) is 5.70. The molecule has 0 saturated carbocycles. The molecule has 7 nitrogen and oxygen atoms in total. The van der Waals surface area contributed by atoms with E-state index < -0.39 is 6.10 Å². The van der Waals surface area contributed by atoms with Gasteiger partial charge < -0.3 is 29.4 Å². The average molecular weight is 470 g/mol. The number of hydrogen-bond donors (Lipinski definition) is 2. The first-order chi connectivity index (χ1) is 16.1. The molecular formula is C25H40FNO6. The van der Waals surface area contributed by atoms with Crippen molar-refractivity contribution in [2.45, 2.75) is 82.6 Å². The molecular weight excluding hydrogens is 429 g/mol. The molecule has 2 N–H and O–H groups in total. The van der Waals surface area contributed by atoms with Crippen LogP contribution in [-0.2, 0) is 19.0 Å². The van der Waals surface area contributed by atoms with E-state index in [0.717, 1.165) is 58.0 Å². The van der Waals surface area contributed by atoms with Crippen molar-refractivity contribution in [1.82, 2.24) is 5.32 Å². The number of esters is 1. The first-order valence-electron chi connectivity index (χ1n) is 12.2.